The fraction of sp³-hybridized carbons (Fsp3) is 0.652. The van der Waals surface area contributed by atoms with Gasteiger partial charge in [0.1, 0.15) is 25.5 Å². The number of carbonyl (C=O) groups is 2. The van der Waals surface area contributed by atoms with Crippen molar-refractivity contribution in [3.05, 3.63) is 29.8 Å². The van der Waals surface area contributed by atoms with Crippen LogP contribution in [-0.2, 0) is 14.3 Å². The summed E-state index contributed by atoms with van der Waals surface area (Å²) in [6.45, 7) is 2.42. The molecule has 0 spiro atoms. The second-order valence-electron chi connectivity index (χ2n) is 9.26. The fourth-order valence-electron chi connectivity index (χ4n) is 6.15. The lowest BCUT2D eigenvalue weighted by atomic mass is 9.49. The zero-order valence-corrected chi connectivity index (χ0v) is 16.7. The van der Waals surface area contributed by atoms with Crippen molar-refractivity contribution in [2.45, 2.75) is 51.9 Å². The Balaban J connectivity index is 1.14. The van der Waals surface area contributed by atoms with Gasteiger partial charge in [0.05, 0.1) is 0 Å². The zero-order chi connectivity index (χ0) is 19.6. The van der Waals surface area contributed by atoms with Crippen LogP contribution in [0.3, 0.4) is 0 Å². The molecule has 0 aliphatic heterocycles. The Morgan fingerprint density at radius 1 is 1.07 bits per heavy atom. The maximum absolute atomic E-state index is 12.4. The summed E-state index contributed by atoms with van der Waals surface area (Å²) in [7, 11) is 0. The Morgan fingerprint density at radius 2 is 1.75 bits per heavy atom. The molecular formula is C23H31NO4. The van der Waals surface area contributed by atoms with Crippen LogP contribution in [0.15, 0.2) is 24.3 Å². The Kier molecular flexibility index (Phi) is 5.61. The number of aryl methyl sites for hydroxylation is 1. The summed E-state index contributed by atoms with van der Waals surface area (Å²) < 4.78 is 10.7. The van der Waals surface area contributed by atoms with Gasteiger partial charge in [-0.05, 0) is 86.3 Å². The van der Waals surface area contributed by atoms with Gasteiger partial charge in [-0.3, -0.25) is 9.59 Å². The molecule has 1 amide bonds. The Morgan fingerprint density at radius 3 is 2.39 bits per heavy atom. The second kappa shape index (κ2) is 8.14. The van der Waals surface area contributed by atoms with Gasteiger partial charge >= 0.3 is 5.97 Å². The van der Waals surface area contributed by atoms with Crippen LogP contribution < -0.4 is 10.1 Å². The highest BCUT2D eigenvalue weighted by Crippen LogP contribution is 2.61. The number of hydrogen-bond acceptors (Lipinski definition) is 4. The molecule has 5 rings (SSSR count). The largest absolute Gasteiger partial charge is 0.490 e. The molecule has 152 valence electrons. The van der Waals surface area contributed by atoms with Gasteiger partial charge < -0.3 is 14.8 Å². The smallest absolute Gasteiger partial charge is 0.325 e. The number of nitrogens with one attached hydrogen (secondary N) is 1. The standard InChI is InChI=1S/C23H31NO4/c1-16-3-2-4-20(7-16)27-5-6-28-22(26)15-24-21(25)14-23-11-17-8-18(12-23)10-19(9-17)13-23/h2-4,7,17-19H,5-6,8-15H2,1H3,(H,24,25). The van der Waals surface area contributed by atoms with Crippen molar-refractivity contribution < 1.29 is 19.1 Å². The van der Waals surface area contributed by atoms with Gasteiger partial charge in [0.15, 0.2) is 0 Å². The minimum atomic E-state index is -0.410. The third-order valence-corrected chi connectivity index (χ3v) is 6.74. The molecule has 4 fully saturated rings. The maximum atomic E-state index is 12.4. The first-order valence-corrected chi connectivity index (χ1v) is 10.6. The molecule has 28 heavy (non-hydrogen) atoms. The lowest BCUT2D eigenvalue weighted by Crippen LogP contribution is -2.48. The van der Waals surface area contributed by atoms with Crippen LogP contribution in [-0.4, -0.2) is 31.6 Å². The van der Waals surface area contributed by atoms with Crippen LogP contribution in [0.2, 0.25) is 0 Å². The first-order chi connectivity index (χ1) is 13.5. The molecule has 1 aromatic rings. The van der Waals surface area contributed by atoms with E-state index in [1.54, 1.807) is 0 Å². The second-order valence-corrected chi connectivity index (χ2v) is 9.26. The first-order valence-electron chi connectivity index (χ1n) is 10.6. The number of rotatable bonds is 8. The molecule has 5 heteroatoms. The summed E-state index contributed by atoms with van der Waals surface area (Å²) in [6.07, 6.45) is 8.29. The summed E-state index contributed by atoms with van der Waals surface area (Å²) in [5, 5.41) is 2.77. The van der Waals surface area contributed by atoms with Crippen LogP contribution in [0.5, 0.6) is 5.75 Å². The third kappa shape index (κ3) is 4.68. The lowest BCUT2D eigenvalue weighted by Gasteiger charge is -2.56. The van der Waals surface area contributed by atoms with E-state index in [-0.39, 0.29) is 24.5 Å². The van der Waals surface area contributed by atoms with E-state index in [0.717, 1.165) is 29.1 Å². The number of carbonyl (C=O) groups excluding carboxylic acids is 2. The predicted octanol–water partition coefficient (Wildman–Crippen LogP) is 3.64. The number of amides is 1. The molecule has 0 unspecified atom stereocenters. The SMILES string of the molecule is Cc1cccc(OCCOC(=O)CNC(=O)CC23CC4CC(CC(C4)C2)C3)c1. The number of esters is 1. The fourth-order valence-corrected chi connectivity index (χ4v) is 6.15. The van der Waals surface area contributed by atoms with Gasteiger partial charge in [0.2, 0.25) is 5.91 Å². The maximum Gasteiger partial charge on any atom is 0.325 e. The summed E-state index contributed by atoms with van der Waals surface area (Å²) in [6, 6.07) is 7.74. The van der Waals surface area contributed by atoms with E-state index >= 15 is 0 Å². The van der Waals surface area contributed by atoms with E-state index in [1.807, 2.05) is 31.2 Å². The van der Waals surface area contributed by atoms with Gasteiger partial charge in [0.25, 0.3) is 0 Å². The Bertz CT molecular complexity index is 694. The van der Waals surface area contributed by atoms with Crippen molar-refractivity contribution in [2.24, 2.45) is 23.2 Å². The monoisotopic (exact) mass is 385 g/mol. The summed E-state index contributed by atoms with van der Waals surface area (Å²) in [5.74, 6) is 2.84. The molecule has 4 bridgehead atoms. The van der Waals surface area contributed by atoms with Crippen LogP contribution in [0.25, 0.3) is 0 Å². The Hall–Kier alpha value is -2.04. The van der Waals surface area contributed by atoms with E-state index < -0.39 is 5.97 Å². The molecule has 0 atom stereocenters. The van der Waals surface area contributed by atoms with Crippen molar-refractivity contribution in [2.75, 3.05) is 19.8 Å². The number of benzene rings is 1. The van der Waals surface area contributed by atoms with Gasteiger partial charge in [0, 0.05) is 6.42 Å². The minimum Gasteiger partial charge on any atom is -0.490 e. The quantitative estimate of drug-likeness (QED) is 0.548. The molecule has 0 saturated heterocycles. The zero-order valence-electron chi connectivity index (χ0n) is 16.7. The molecule has 5 nitrogen and oxygen atoms in total. The highest BCUT2D eigenvalue weighted by atomic mass is 16.6. The van der Waals surface area contributed by atoms with Crippen molar-refractivity contribution in [3.8, 4) is 5.75 Å². The predicted molar refractivity (Wildman–Crippen MR) is 106 cm³/mol. The number of hydrogen-bond donors (Lipinski definition) is 1. The van der Waals surface area contributed by atoms with Crippen molar-refractivity contribution >= 4 is 11.9 Å². The average Bonchev–Trinajstić information content (AvgIpc) is 2.62. The van der Waals surface area contributed by atoms with Crippen LogP contribution in [0.4, 0.5) is 0 Å². The molecule has 4 aliphatic carbocycles. The lowest BCUT2D eigenvalue weighted by molar-refractivity contribution is -0.145. The van der Waals surface area contributed by atoms with E-state index in [4.69, 9.17) is 9.47 Å². The molecule has 4 aliphatic rings. The van der Waals surface area contributed by atoms with E-state index in [9.17, 15) is 9.59 Å². The topological polar surface area (TPSA) is 64.6 Å². The molecule has 1 N–H and O–H groups in total. The molecule has 0 aromatic heterocycles. The highest BCUT2D eigenvalue weighted by Gasteiger charge is 2.51. The van der Waals surface area contributed by atoms with Crippen molar-refractivity contribution in [1.29, 1.82) is 0 Å². The highest BCUT2D eigenvalue weighted by molar-refractivity contribution is 5.82. The first kappa shape index (κ1) is 19.3. The summed E-state index contributed by atoms with van der Waals surface area (Å²) in [5.41, 5.74) is 1.32. The molecule has 0 radical (unpaired) electrons. The van der Waals surface area contributed by atoms with E-state index in [2.05, 4.69) is 5.32 Å². The van der Waals surface area contributed by atoms with Gasteiger partial charge in [-0.2, -0.15) is 0 Å². The van der Waals surface area contributed by atoms with E-state index in [0.29, 0.717) is 13.0 Å². The third-order valence-electron chi connectivity index (χ3n) is 6.74. The average molecular weight is 386 g/mol. The normalized spacial score (nSPS) is 30.1. The van der Waals surface area contributed by atoms with Gasteiger partial charge in [-0.25, -0.2) is 0 Å². The van der Waals surface area contributed by atoms with Crippen molar-refractivity contribution in [3.63, 3.8) is 0 Å². The summed E-state index contributed by atoms with van der Waals surface area (Å²) in [4.78, 5) is 24.3. The van der Waals surface area contributed by atoms with Crippen LogP contribution in [0.1, 0.15) is 50.5 Å². The van der Waals surface area contributed by atoms with Crippen molar-refractivity contribution in [1.82, 2.24) is 5.32 Å². The molecule has 4 saturated carbocycles. The molecule has 0 heterocycles. The Labute approximate surface area is 167 Å². The molecular weight excluding hydrogens is 354 g/mol. The van der Waals surface area contributed by atoms with E-state index in [1.165, 1.54) is 38.5 Å². The summed E-state index contributed by atoms with van der Waals surface area (Å²) >= 11 is 0. The van der Waals surface area contributed by atoms with Gasteiger partial charge in [-0.15, -0.1) is 0 Å². The number of ether oxygens (including phenoxy) is 2. The molecule has 1 aromatic carbocycles. The van der Waals surface area contributed by atoms with Crippen LogP contribution in [0, 0.1) is 30.1 Å². The van der Waals surface area contributed by atoms with Gasteiger partial charge in [-0.1, -0.05) is 12.1 Å². The minimum absolute atomic E-state index is 0.00471. The van der Waals surface area contributed by atoms with Crippen LogP contribution >= 0.6 is 0 Å².